The highest BCUT2D eigenvalue weighted by atomic mass is 35.5. The van der Waals surface area contributed by atoms with Gasteiger partial charge in [-0.05, 0) is 61.9 Å². The Morgan fingerprint density at radius 2 is 1.72 bits per heavy atom. The van der Waals surface area contributed by atoms with Crippen LogP contribution in [-0.4, -0.2) is 51.1 Å². The molecule has 202 valence electrons. The van der Waals surface area contributed by atoms with Gasteiger partial charge in [-0.25, -0.2) is 14.8 Å². The molecular weight excluding hydrogens is 518 g/mol. The van der Waals surface area contributed by atoms with E-state index in [2.05, 4.69) is 25.9 Å². The van der Waals surface area contributed by atoms with Gasteiger partial charge in [0.25, 0.3) is 11.8 Å². The van der Waals surface area contributed by atoms with E-state index >= 15 is 0 Å². The van der Waals surface area contributed by atoms with Crippen molar-refractivity contribution in [3.8, 4) is 5.69 Å². The summed E-state index contributed by atoms with van der Waals surface area (Å²) in [6.07, 6.45) is 6.45. The summed E-state index contributed by atoms with van der Waals surface area (Å²) >= 11 is 6.06. The highest BCUT2D eigenvalue weighted by Crippen LogP contribution is 2.28. The van der Waals surface area contributed by atoms with Crippen molar-refractivity contribution in [2.45, 2.75) is 38.3 Å². The first-order valence-electron chi connectivity index (χ1n) is 12.9. The van der Waals surface area contributed by atoms with E-state index in [1.54, 1.807) is 43.1 Å². The summed E-state index contributed by atoms with van der Waals surface area (Å²) < 4.78 is 3.46. The SMILES string of the molecule is CNC(=O)c1ccc(-n2c(=O)n(CC3CCC(NC(=O)c4cc(Cl)cnc4NC)CC3)c3ccccc32)cn1. The summed E-state index contributed by atoms with van der Waals surface area (Å²) in [5.74, 6) is 0.298. The van der Waals surface area contributed by atoms with Crippen LogP contribution in [0.1, 0.15) is 46.5 Å². The maximum atomic E-state index is 13.6. The van der Waals surface area contributed by atoms with Gasteiger partial charge in [0.1, 0.15) is 11.5 Å². The fourth-order valence-electron chi connectivity index (χ4n) is 5.24. The van der Waals surface area contributed by atoms with E-state index in [9.17, 15) is 14.4 Å². The van der Waals surface area contributed by atoms with Gasteiger partial charge in [-0.15, -0.1) is 0 Å². The van der Waals surface area contributed by atoms with E-state index in [4.69, 9.17) is 11.6 Å². The Kier molecular flexibility index (Phi) is 7.65. The largest absolute Gasteiger partial charge is 0.372 e. The highest BCUT2D eigenvalue weighted by molar-refractivity contribution is 6.31. The summed E-state index contributed by atoms with van der Waals surface area (Å²) in [7, 11) is 3.27. The molecule has 3 N–H and O–H groups in total. The molecule has 0 radical (unpaired) electrons. The van der Waals surface area contributed by atoms with Crippen LogP contribution in [-0.2, 0) is 6.54 Å². The van der Waals surface area contributed by atoms with Gasteiger partial charge in [0.15, 0.2) is 0 Å². The molecule has 11 heteroatoms. The number of nitrogens with one attached hydrogen (secondary N) is 3. The third-order valence-corrected chi connectivity index (χ3v) is 7.47. The first kappa shape index (κ1) is 26.4. The Bertz CT molecular complexity index is 1570. The minimum atomic E-state index is -0.283. The van der Waals surface area contributed by atoms with Crippen LogP contribution >= 0.6 is 11.6 Å². The molecule has 0 saturated heterocycles. The number of aromatic nitrogens is 4. The smallest absolute Gasteiger partial charge is 0.333 e. The van der Waals surface area contributed by atoms with Crippen LogP contribution < -0.4 is 21.6 Å². The Balaban J connectivity index is 1.30. The van der Waals surface area contributed by atoms with Crippen molar-refractivity contribution in [2.24, 2.45) is 5.92 Å². The Hall–Kier alpha value is -4.18. The van der Waals surface area contributed by atoms with Gasteiger partial charge in [0.05, 0.1) is 33.5 Å². The lowest BCUT2D eigenvalue weighted by molar-refractivity contribution is 0.0919. The van der Waals surface area contributed by atoms with E-state index in [0.717, 1.165) is 36.7 Å². The van der Waals surface area contributed by atoms with Gasteiger partial charge >= 0.3 is 5.69 Å². The van der Waals surface area contributed by atoms with Gasteiger partial charge in [-0.2, -0.15) is 0 Å². The third-order valence-electron chi connectivity index (χ3n) is 7.26. The van der Waals surface area contributed by atoms with E-state index in [0.29, 0.717) is 34.6 Å². The molecule has 2 amide bonds. The van der Waals surface area contributed by atoms with Crippen molar-refractivity contribution < 1.29 is 9.59 Å². The van der Waals surface area contributed by atoms with Gasteiger partial charge in [-0.3, -0.25) is 18.7 Å². The molecule has 4 aromatic rings. The van der Waals surface area contributed by atoms with E-state index in [1.807, 2.05) is 28.8 Å². The molecule has 39 heavy (non-hydrogen) atoms. The van der Waals surface area contributed by atoms with E-state index < -0.39 is 0 Å². The molecule has 0 spiro atoms. The van der Waals surface area contributed by atoms with Crippen molar-refractivity contribution in [3.05, 3.63) is 81.6 Å². The average molecular weight is 548 g/mol. The fraction of sp³-hybridized carbons (Fsp3) is 0.321. The maximum absolute atomic E-state index is 13.6. The highest BCUT2D eigenvalue weighted by Gasteiger charge is 2.26. The second-order valence-electron chi connectivity index (χ2n) is 9.69. The molecule has 3 aromatic heterocycles. The van der Waals surface area contributed by atoms with Crippen LogP contribution in [0, 0.1) is 5.92 Å². The summed E-state index contributed by atoms with van der Waals surface area (Å²) in [6, 6.07) is 12.7. The molecule has 1 aliphatic rings. The number of fused-ring (bicyclic) bond motifs is 1. The number of para-hydroxylation sites is 2. The minimum Gasteiger partial charge on any atom is -0.372 e. The molecule has 3 heterocycles. The first-order valence-corrected chi connectivity index (χ1v) is 13.3. The topological polar surface area (TPSA) is 123 Å². The van der Waals surface area contributed by atoms with Gasteiger partial charge < -0.3 is 16.0 Å². The quantitative estimate of drug-likeness (QED) is 0.325. The number of anilines is 1. The number of amides is 2. The van der Waals surface area contributed by atoms with E-state index in [1.165, 1.54) is 6.20 Å². The zero-order chi connectivity index (χ0) is 27.5. The van der Waals surface area contributed by atoms with Crippen molar-refractivity contribution in [2.75, 3.05) is 19.4 Å². The van der Waals surface area contributed by atoms with Crippen molar-refractivity contribution in [1.29, 1.82) is 0 Å². The third kappa shape index (κ3) is 5.37. The lowest BCUT2D eigenvalue weighted by Crippen LogP contribution is -2.39. The Morgan fingerprint density at radius 3 is 2.38 bits per heavy atom. The second-order valence-corrected chi connectivity index (χ2v) is 10.1. The van der Waals surface area contributed by atoms with Crippen LogP contribution in [0.15, 0.2) is 59.7 Å². The summed E-state index contributed by atoms with van der Waals surface area (Å²) in [5, 5.41) is 9.01. The Labute approximate surface area is 230 Å². The molecule has 1 fully saturated rings. The molecule has 0 aliphatic heterocycles. The minimum absolute atomic E-state index is 0.0420. The van der Waals surface area contributed by atoms with Crippen LogP contribution in [0.3, 0.4) is 0 Å². The van der Waals surface area contributed by atoms with E-state index in [-0.39, 0.29) is 29.2 Å². The van der Waals surface area contributed by atoms with Gasteiger partial charge in [0.2, 0.25) is 0 Å². The number of benzene rings is 1. The molecule has 0 bridgehead atoms. The fourth-order valence-corrected chi connectivity index (χ4v) is 5.40. The predicted octanol–water partition coefficient (Wildman–Crippen LogP) is 3.63. The number of imidazole rings is 1. The lowest BCUT2D eigenvalue weighted by atomic mass is 9.85. The van der Waals surface area contributed by atoms with Gasteiger partial charge in [-0.1, -0.05) is 23.7 Å². The van der Waals surface area contributed by atoms with Crippen LogP contribution in [0.5, 0.6) is 0 Å². The standard InChI is InChI=1S/C28H30ClN7O3/c1-30-25-21(13-18(29)14-33-25)26(37)34-19-9-7-17(8-10-19)16-35-23-5-3-4-6-24(23)36(28(35)39)20-11-12-22(32-15-20)27(38)31-2/h3-6,11-15,17,19H,7-10,16H2,1-2H3,(H,30,33)(H,31,38)(H,34,37). The van der Waals surface area contributed by atoms with Crippen LogP contribution in [0.2, 0.25) is 5.02 Å². The Morgan fingerprint density at radius 1 is 0.974 bits per heavy atom. The number of rotatable bonds is 7. The van der Waals surface area contributed by atoms with Crippen molar-refractivity contribution >= 4 is 40.3 Å². The van der Waals surface area contributed by atoms with Crippen molar-refractivity contribution in [3.63, 3.8) is 0 Å². The normalized spacial score (nSPS) is 17.1. The molecule has 1 aromatic carbocycles. The zero-order valence-corrected chi connectivity index (χ0v) is 22.5. The summed E-state index contributed by atoms with van der Waals surface area (Å²) in [6.45, 7) is 0.582. The average Bonchev–Trinajstić information content (AvgIpc) is 3.24. The molecule has 1 aliphatic carbocycles. The molecular formula is C28H30ClN7O3. The molecule has 1 saturated carbocycles. The van der Waals surface area contributed by atoms with Crippen LogP contribution in [0.25, 0.3) is 16.7 Å². The zero-order valence-electron chi connectivity index (χ0n) is 21.8. The number of halogens is 1. The summed E-state index contributed by atoms with van der Waals surface area (Å²) in [4.78, 5) is 46.8. The van der Waals surface area contributed by atoms with Gasteiger partial charge in [0, 0.05) is 32.9 Å². The predicted molar refractivity (Wildman–Crippen MR) is 151 cm³/mol. The number of nitrogens with zero attached hydrogens (tertiary/aromatic N) is 4. The number of carbonyl (C=O) groups excluding carboxylic acids is 2. The monoisotopic (exact) mass is 547 g/mol. The first-order chi connectivity index (χ1) is 18.9. The summed E-state index contributed by atoms with van der Waals surface area (Å²) in [5.41, 5.74) is 2.80. The molecule has 5 rings (SSSR count). The molecule has 0 atom stereocenters. The van der Waals surface area contributed by atoms with Crippen LogP contribution in [0.4, 0.5) is 5.82 Å². The molecule has 10 nitrogen and oxygen atoms in total. The number of hydrogen-bond donors (Lipinski definition) is 3. The molecule has 0 unspecified atom stereocenters. The lowest BCUT2D eigenvalue weighted by Gasteiger charge is -2.29. The van der Waals surface area contributed by atoms with Crippen molar-refractivity contribution in [1.82, 2.24) is 29.7 Å². The maximum Gasteiger partial charge on any atom is 0.333 e. The number of hydrogen-bond acceptors (Lipinski definition) is 6. The number of carbonyl (C=O) groups is 2. The second kappa shape index (κ2) is 11.3. The number of pyridine rings is 2.